The van der Waals surface area contributed by atoms with E-state index >= 15 is 0 Å². The highest BCUT2D eigenvalue weighted by Crippen LogP contribution is 2.31. The molecular weight excluding hydrogens is 468 g/mol. The molecular formula is C27H25ClN2O3S. The van der Waals surface area contributed by atoms with E-state index in [9.17, 15) is 13.2 Å². The van der Waals surface area contributed by atoms with Gasteiger partial charge in [-0.05, 0) is 66.1 Å². The molecule has 0 radical (unpaired) electrons. The summed E-state index contributed by atoms with van der Waals surface area (Å²) in [5.41, 5.74) is 2.83. The van der Waals surface area contributed by atoms with E-state index in [1.165, 1.54) is 0 Å². The minimum atomic E-state index is -4.00. The molecule has 0 heterocycles. The Hall–Kier alpha value is -3.35. The monoisotopic (exact) mass is 492 g/mol. The molecule has 34 heavy (non-hydrogen) atoms. The lowest BCUT2D eigenvalue weighted by molar-refractivity contribution is -0.119. The number of carbonyl (C=O) groups excluding carboxylic acids is 1. The van der Waals surface area contributed by atoms with Gasteiger partial charge in [-0.1, -0.05) is 71.8 Å². The van der Waals surface area contributed by atoms with Gasteiger partial charge < -0.3 is 5.32 Å². The number of nitrogens with zero attached hydrogens (tertiary/aromatic N) is 1. The summed E-state index contributed by atoms with van der Waals surface area (Å²) in [5.74, 6) is -0.414. The number of nitrogens with one attached hydrogen (secondary N) is 1. The van der Waals surface area contributed by atoms with E-state index in [4.69, 9.17) is 11.6 Å². The average Bonchev–Trinajstić information content (AvgIpc) is 2.83. The molecule has 0 aromatic heterocycles. The fourth-order valence-electron chi connectivity index (χ4n) is 3.74. The summed E-state index contributed by atoms with van der Waals surface area (Å²) >= 11 is 6.28. The normalized spacial score (nSPS) is 11.4. The van der Waals surface area contributed by atoms with Crippen molar-refractivity contribution in [2.75, 3.05) is 10.8 Å². The first kappa shape index (κ1) is 23.8. The number of fused-ring (bicyclic) bond motifs is 1. The van der Waals surface area contributed by atoms with E-state index in [0.29, 0.717) is 16.3 Å². The minimum Gasteiger partial charge on any atom is -0.350 e. The van der Waals surface area contributed by atoms with Crippen LogP contribution in [0.1, 0.15) is 16.7 Å². The van der Waals surface area contributed by atoms with Crippen molar-refractivity contribution in [3.05, 3.63) is 107 Å². The van der Waals surface area contributed by atoms with Gasteiger partial charge in [0.1, 0.15) is 6.54 Å². The fraction of sp³-hybridized carbons (Fsp3) is 0.148. The Kier molecular flexibility index (Phi) is 6.91. The summed E-state index contributed by atoms with van der Waals surface area (Å²) in [6.45, 7) is 3.54. The van der Waals surface area contributed by atoms with Gasteiger partial charge in [0, 0.05) is 11.6 Å². The highest BCUT2D eigenvalue weighted by molar-refractivity contribution is 7.92. The molecule has 0 spiro atoms. The summed E-state index contributed by atoms with van der Waals surface area (Å²) in [6, 6.07) is 25.5. The minimum absolute atomic E-state index is 0.111. The van der Waals surface area contributed by atoms with Crippen LogP contribution in [0.2, 0.25) is 5.02 Å². The second kappa shape index (κ2) is 9.87. The zero-order valence-electron chi connectivity index (χ0n) is 19.0. The third-order valence-electron chi connectivity index (χ3n) is 5.71. The van der Waals surface area contributed by atoms with Crippen LogP contribution in [0.4, 0.5) is 5.69 Å². The van der Waals surface area contributed by atoms with Crippen molar-refractivity contribution < 1.29 is 13.2 Å². The third-order valence-corrected chi connectivity index (χ3v) is 7.89. The molecule has 0 atom stereocenters. The van der Waals surface area contributed by atoms with Crippen molar-refractivity contribution in [1.82, 2.24) is 5.32 Å². The molecule has 0 saturated carbocycles. The number of sulfonamides is 1. The zero-order chi connectivity index (χ0) is 24.3. The van der Waals surface area contributed by atoms with Crippen molar-refractivity contribution in [3.8, 4) is 0 Å². The Balaban J connectivity index is 1.60. The van der Waals surface area contributed by atoms with E-state index in [1.807, 2.05) is 49.4 Å². The molecule has 0 saturated heterocycles. The lowest BCUT2D eigenvalue weighted by Crippen LogP contribution is -2.41. The van der Waals surface area contributed by atoms with Gasteiger partial charge >= 0.3 is 0 Å². The molecule has 4 rings (SSSR count). The predicted octanol–water partition coefficient (Wildman–Crippen LogP) is 5.62. The summed E-state index contributed by atoms with van der Waals surface area (Å²) < 4.78 is 28.3. The van der Waals surface area contributed by atoms with Crippen LogP contribution in [-0.4, -0.2) is 20.9 Å². The Labute approximate surface area is 205 Å². The molecule has 0 aliphatic heterocycles. The Morgan fingerprint density at radius 2 is 1.59 bits per heavy atom. The molecule has 5 nitrogen and oxygen atoms in total. The van der Waals surface area contributed by atoms with Gasteiger partial charge in [-0.15, -0.1) is 0 Å². The van der Waals surface area contributed by atoms with Crippen molar-refractivity contribution in [2.45, 2.75) is 25.3 Å². The second-order valence-electron chi connectivity index (χ2n) is 8.17. The zero-order valence-corrected chi connectivity index (χ0v) is 20.5. The molecule has 0 unspecified atom stereocenters. The lowest BCUT2D eigenvalue weighted by Gasteiger charge is -2.26. The molecule has 4 aromatic rings. The maximum absolute atomic E-state index is 13.6. The number of hydrogen-bond acceptors (Lipinski definition) is 3. The van der Waals surface area contributed by atoms with Gasteiger partial charge in [-0.2, -0.15) is 0 Å². The van der Waals surface area contributed by atoms with Crippen molar-refractivity contribution in [1.29, 1.82) is 0 Å². The smallest absolute Gasteiger partial charge is 0.264 e. The Morgan fingerprint density at radius 1 is 0.882 bits per heavy atom. The number of aryl methyl sites for hydroxylation is 1. The molecule has 0 bridgehead atoms. The first-order chi connectivity index (χ1) is 16.3. The number of halogens is 1. The predicted molar refractivity (Wildman–Crippen MR) is 138 cm³/mol. The van der Waals surface area contributed by atoms with Crippen LogP contribution in [0.3, 0.4) is 0 Å². The van der Waals surface area contributed by atoms with Gasteiger partial charge in [0.2, 0.25) is 5.91 Å². The van der Waals surface area contributed by atoms with Gasteiger partial charge in [0.15, 0.2) is 0 Å². The molecule has 4 aromatic carbocycles. The van der Waals surface area contributed by atoms with Gasteiger partial charge in [0.05, 0.1) is 10.6 Å². The Morgan fingerprint density at radius 3 is 2.32 bits per heavy atom. The molecule has 7 heteroatoms. The first-order valence-corrected chi connectivity index (χ1v) is 12.7. The molecule has 0 aliphatic rings. The van der Waals surface area contributed by atoms with Gasteiger partial charge in [-0.25, -0.2) is 8.42 Å². The first-order valence-electron chi connectivity index (χ1n) is 10.8. The quantitative estimate of drug-likeness (QED) is 0.364. The highest BCUT2D eigenvalue weighted by Gasteiger charge is 2.28. The van der Waals surface area contributed by atoms with Crippen LogP contribution in [0.5, 0.6) is 0 Å². The van der Waals surface area contributed by atoms with E-state index in [-0.39, 0.29) is 18.0 Å². The van der Waals surface area contributed by atoms with Crippen molar-refractivity contribution in [2.24, 2.45) is 0 Å². The molecule has 0 fully saturated rings. The molecule has 174 valence electrons. The SMILES string of the molecule is Cc1ccc(S(=O)(=O)N(CC(=O)NCc2ccc3ccccc3c2)c2cccc(Cl)c2C)cc1. The van der Waals surface area contributed by atoms with E-state index < -0.39 is 15.9 Å². The maximum atomic E-state index is 13.6. The number of anilines is 1. The summed E-state index contributed by atoms with van der Waals surface area (Å²) in [7, 11) is -4.00. The fourth-order valence-corrected chi connectivity index (χ4v) is 5.39. The number of hydrogen-bond donors (Lipinski definition) is 1. The van der Waals surface area contributed by atoms with Gasteiger partial charge in [0.25, 0.3) is 10.0 Å². The summed E-state index contributed by atoms with van der Waals surface area (Å²) in [6.07, 6.45) is 0. The van der Waals surface area contributed by atoms with E-state index in [0.717, 1.165) is 26.2 Å². The van der Waals surface area contributed by atoms with Crippen LogP contribution >= 0.6 is 11.6 Å². The summed E-state index contributed by atoms with van der Waals surface area (Å²) in [5, 5.41) is 5.47. The number of benzene rings is 4. The lowest BCUT2D eigenvalue weighted by atomic mass is 10.1. The largest absolute Gasteiger partial charge is 0.350 e. The van der Waals surface area contributed by atoms with Crippen LogP contribution in [0, 0.1) is 13.8 Å². The third kappa shape index (κ3) is 5.08. The maximum Gasteiger partial charge on any atom is 0.264 e. The summed E-state index contributed by atoms with van der Waals surface area (Å²) in [4.78, 5) is 13.1. The van der Waals surface area contributed by atoms with Crippen LogP contribution in [-0.2, 0) is 21.4 Å². The topological polar surface area (TPSA) is 66.5 Å². The number of carbonyl (C=O) groups is 1. The van der Waals surface area contributed by atoms with E-state index in [2.05, 4.69) is 5.32 Å². The van der Waals surface area contributed by atoms with E-state index in [1.54, 1.807) is 49.4 Å². The average molecular weight is 493 g/mol. The highest BCUT2D eigenvalue weighted by atomic mass is 35.5. The Bertz CT molecular complexity index is 1450. The standard InChI is InChI=1S/C27H25ClN2O3S/c1-19-10-14-24(15-11-19)34(32,33)30(26-9-5-8-25(28)20(26)2)18-27(31)29-17-21-12-13-22-6-3-4-7-23(22)16-21/h3-16H,17-18H2,1-2H3,(H,29,31). The number of amides is 1. The van der Waals surface area contributed by atoms with Crippen molar-refractivity contribution >= 4 is 44.0 Å². The van der Waals surface area contributed by atoms with Crippen LogP contribution in [0.25, 0.3) is 10.8 Å². The number of rotatable bonds is 7. The van der Waals surface area contributed by atoms with Crippen molar-refractivity contribution in [3.63, 3.8) is 0 Å². The second-order valence-corrected chi connectivity index (χ2v) is 10.4. The molecule has 1 amide bonds. The van der Waals surface area contributed by atoms with Crippen LogP contribution in [0.15, 0.2) is 89.8 Å². The van der Waals surface area contributed by atoms with Gasteiger partial charge in [-0.3, -0.25) is 9.10 Å². The van der Waals surface area contributed by atoms with Crippen LogP contribution < -0.4 is 9.62 Å². The molecule has 1 N–H and O–H groups in total. The molecule has 0 aliphatic carbocycles.